The quantitative estimate of drug-likeness (QED) is 0.0367. The molecule has 0 radical (unpaired) electrons. The Morgan fingerprint density at radius 2 is 1.84 bits per heavy atom. The second-order valence-corrected chi connectivity index (χ2v) is 15.2. The number of furan rings is 1. The van der Waals surface area contributed by atoms with E-state index in [4.69, 9.17) is 41.3 Å². The van der Waals surface area contributed by atoms with Crippen LogP contribution in [0.5, 0.6) is 11.5 Å². The van der Waals surface area contributed by atoms with Crippen molar-refractivity contribution in [3.05, 3.63) is 87.2 Å². The van der Waals surface area contributed by atoms with Gasteiger partial charge in [-0.15, -0.1) is 11.6 Å². The number of rotatable bonds is 20. The minimum Gasteiger partial charge on any atom is -0.492 e. The van der Waals surface area contributed by atoms with Crippen molar-refractivity contribution in [2.24, 2.45) is 17.4 Å². The smallest absolute Gasteiger partial charge is 0.461 e. The van der Waals surface area contributed by atoms with Crippen LogP contribution in [0.4, 0.5) is 5.88 Å². The van der Waals surface area contributed by atoms with E-state index in [1.54, 1.807) is 56.4 Å². The lowest BCUT2D eigenvalue weighted by Crippen LogP contribution is -2.43. The minimum absolute atomic E-state index is 0.112. The average Bonchev–Trinajstić information content (AvgIpc) is 3.61. The molecule has 1 aliphatic rings. The fourth-order valence-electron chi connectivity index (χ4n) is 5.71. The highest BCUT2D eigenvalue weighted by Gasteiger charge is 2.33. The van der Waals surface area contributed by atoms with Crippen LogP contribution in [0.25, 0.3) is 0 Å². The molecule has 3 unspecified atom stereocenters. The SMILES string of the molecule is CC(NC(=O)C(N)Cc1ccc(OP(=O)(OCc2ccc([N+](=O)[O-])o2)N(C)CCCCCl)cc1)c1ccc(OCC2CCCCC2)c(C(N)=O)c1. The maximum Gasteiger partial charge on any atom is 0.461 e. The van der Waals surface area contributed by atoms with Gasteiger partial charge in [-0.25, -0.2) is 9.24 Å². The summed E-state index contributed by atoms with van der Waals surface area (Å²) < 4.78 is 38.0. The summed E-state index contributed by atoms with van der Waals surface area (Å²) in [5, 5.41) is 13.9. The molecule has 1 fully saturated rings. The summed E-state index contributed by atoms with van der Waals surface area (Å²) in [7, 11) is -2.36. The monoisotopic (exact) mass is 747 g/mol. The molecule has 1 aromatic heterocycles. The van der Waals surface area contributed by atoms with Gasteiger partial charge in [-0.3, -0.25) is 24.2 Å². The number of nitro groups is 1. The number of hydrogen-bond donors (Lipinski definition) is 3. The zero-order chi connectivity index (χ0) is 37.0. The number of halogens is 1. The van der Waals surface area contributed by atoms with Crippen LogP contribution in [-0.4, -0.2) is 53.5 Å². The molecule has 0 spiro atoms. The number of amides is 2. The summed E-state index contributed by atoms with van der Waals surface area (Å²) in [4.78, 5) is 35.6. The Morgan fingerprint density at radius 1 is 1.12 bits per heavy atom. The second kappa shape index (κ2) is 19.1. The van der Waals surface area contributed by atoms with E-state index in [9.17, 15) is 24.3 Å². The van der Waals surface area contributed by atoms with Crippen molar-refractivity contribution in [1.82, 2.24) is 9.99 Å². The lowest BCUT2D eigenvalue weighted by Gasteiger charge is -2.27. The van der Waals surface area contributed by atoms with Gasteiger partial charge in [0.2, 0.25) is 5.91 Å². The molecule has 2 aromatic carbocycles. The molecule has 1 aliphatic carbocycles. The average molecular weight is 748 g/mol. The van der Waals surface area contributed by atoms with E-state index in [1.807, 2.05) is 0 Å². The number of carbonyl (C=O) groups excluding carboxylic acids is 2. The lowest BCUT2D eigenvalue weighted by atomic mass is 9.90. The summed E-state index contributed by atoms with van der Waals surface area (Å²) >= 11 is 5.80. The van der Waals surface area contributed by atoms with Gasteiger partial charge in [0.05, 0.1) is 30.3 Å². The van der Waals surface area contributed by atoms with E-state index in [0.29, 0.717) is 49.1 Å². The lowest BCUT2D eigenvalue weighted by molar-refractivity contribution is -0.402. The molecule has 3 atom stereocenters. The van der Waals surface area contributed by atoms with E-state index in [2.05, 4.69) is 5.32 Å². The van der Waals surface area contributed by atoms with Gasteiger partial charge in [0, 0.05) is 12.4 Å². The molecule has 5 N–H and O–H groups in total. The zero-order valence-corrected chi connectivity index (χ0v) is 30.6. The third kappa shape index (κ3) is 11.8. The predicted molar refractivity (Wildman–Crippen MR) is 193 cm³/mol. The maximum absolute atomic E-state index is 13.9. The first-order valence-electron chi connectivity index (χ1n) is 17.0. The number of nitrogens with one attached hydrogen (secondary N) is 1. The van der Waals surface area contributed by atoms with Gasteiger partial charge < -0.3 is 30.5 Å². The number of nitrogens with two attached hydrogens (primary N) is 2. The number of nitrogens with zero attached hydrogens (tertiary/aromatic N) is 2. The van der Waals surface area contributed by atoms with Gasteiger partial charge in [-0.1, -0.05) is 37.5 Å². The number of carbonyl (C=O) groups is 2. The molecule has 0 saturated heterocycles. The highest BCUT2D eigenvalue weighted by atomic mass is 35.5. The van der Waals surface area contributed by atoms with E-state index in [-0.39, 0.29) is 30.1 Å². The molecule has 51 heavy (non-hydrogen) atoms. The van der Waals surface area contributed by atoms with Crippen molar-refractivity contribution in [3.8, 4) is 11.5 Å². The standard InChI is InChI=1S/C35H47ClN5O9P/c1-24(27-12-16-32(30(21-27)34(38)42)47-22-26-8-4-3-5-9-26)39-35(43)31(37)20-25-10-13-28(14-11-25)50-51(46,40(2)19-7-6-18-36)48-23-29-15-17-33(49-29)41(44)45/h10-17,21,24,26,31H,3-9,18-20,22-23,37H2,1-2H3,(H2,38,42)(H,39,43). The molecular formula is C35H47ClN5O9P. The van der Waals surface area contributed by atoms with Gasteiger partial charge in [0.15, 0.2) is 0 Å². The predicted octanol–water partition coefficient (Wildman–Crippen LogP) is 6.65. The van der Waals surface area contributed by atoms with Crippen LogP contribution < -0.4 is 26.0 Å². The van der Waals surface area contributed by atoms with Crippen LogP contribution >= 0.6 is 19.3 Å². The van der Waals surface area contributed by atoms with Crippen LogP contribution in [0.2, 0.25) is 0 Å². The number of benzene rings is 2. The number of unbranched alkanes of at least 4 members (excludes halogenated alkanes) is 1. The highest BCUT2D eigenvalue weighted by molar-refractivity contribution is 7.51. The van der Waals surface area contributed by atoms with Crippen LogP contribution in [0, 0.1) is 16.0 Å². The molecule has 1 heterocycles. The van der Waals surface area contributed by atoms with Crippen molar-refractivity contribution in [3.63, 3.8) is 0 Å². The summed E-state index contributed by atoms with van der Waals surface area (Å²) in [6, 6.07) is 12.9. The molecule has 2 amide bonds. The number of ether oxygens (including phenoxy) is 1. The van der Waals surface area contributed by atoms with Crippen molar-refractivity contribution in [2.75, 3.05) is 26.1 Å². The van der Waals surface area contributed by atoms with Crippen LogP contribution in [-0.2, 0) is 26.9 Å². The Hall–Kier alpha value is -3.94. The molecule has 0 bridgehead atoms. The van der Waals surface area contributed by atoms with Crippen molar-refractivity contribution < 1.29 is 37.3 Å². The number of primary amides is 1. The van der Waals surface area contributed by atoms with Crippen molar-refractivity contribution >= 4 is 37.0 Å². The molecular weight excluding hydrogens is 701 g/mol. The fraction of sp³-hybridized carbons (Fsp3) is 0.486. The molecule has 1 saturated carbocycles. The van der Waals surface area contributed by atoms with E-state index >= 15 is 0 Å². The maximum atomic E-state index is 13.9. The first-order chi connectivity index (χ1) is 24.4. The minimum atomic E-state index is -3.95. The van der Waals surface area contributed by atoms with Gasteiger partial charge in [0.1, 0.15) is 28.8 Å². The third-order valence-corrected chi connectivity index (χ3v) is 10.9. The summed E-state index contributed by atoms with van der Waals surface area (Å²) in [5.74, 6) is 0.223. The molecule has 278 valence electrons. The Balaban J connectivity index is 1.34. The molecule has 0 aliphatic heterocycles. The fourth-order valence-corrected chi connectivity index (χ4v) is 7.35. The van der Waals surface area contributed by atoms with Crippen LogP contribution in [0.3, 0.4) is 0 Å². The van der Waals surface area contributed by atoms with Gasteiger partial charge >= 0.3 is 13.6 Å². The Bertz CT molecular complexity index is 1670. The Kier molecular flexibility index (Phi) is 14.9. The Morgan fingerprint density at radius 3 is 2.49 bits per heavy atom. The molecule has 4 rings (SSSR count). The second-order valence-electron chi connectivity index (χ2n) is 12.7. The zero-order valence-electron chi connectivity index (χ0n) is 29.0. The van der Waals surface area contributed by atoms with Crippen LogP contribution in [0.1, 0.15) is 85.2 Å². The summed E-state index contributed by atoms with van der Waals surface area (Å²) in [5.41, 5.74) is 13.6. The summed E-state index contributed by atoms with van der Waals surface area (Å²) in [6.07, 6.45) is 7.36. The topological polar surface area (TPSA) is 202 Å². The molecule has 16 heteroatoms. The van der Waals surface area contributed by atoms with E-state index in [0.717, 1.165) is 18.4 Å². The molecule has 14 nitrogen and oxygen atoms in total. The van der Waals surface area contributed by atoms with Gasteiger partial charge in [-0.05, 0) is 93.5 Å². The number of alkyl halides is 1. The third-order valence-electron chi connectivity index (χ3n) is 8.74. The van der Waals surface area contributed by atoms with Gasteiger partial charge in [-0.2, -0.15) is 0 Å². The normalized spacial score (nSPS) is 15.9. The van der Waals surface area contributed by atoms with E-state index < -0.39 is 42.5 Å². The summed E-state index contributed by atoms with van der Waals surface area (Å²) in [6.45, 7) is 2.35. The first-order valence-corrected chi connectivity index (χ1v) is 19.1. The Labute approximate surface area is 302 Å². The van der Waals surface area contributed by atoms with Gasteiger partial charge in [0.25, 0.3) is 5.91 Å². The largest absolute Gasteiger partial charge is 0.492 e. The number of hydrogen-bond acceptors (Lipinski definition) is 10. The van der Waals surface area contributed by atoms with Crippen molar-refractivity contribution in [1.29, 1.82) is 0 Å². The first kappa shape index (κ1) is 39.8. The van der Waals surface area contributed by atoms with Crippen molar-refractivity contribution in [2.45, 2.75) is 77.0 Å². The highest BCUT2D eigenvalue weighted by Crippen LogP contribution is 2.52. The van der Waals surface area contributed by atoms with E-state index in [1.165, 1.54) is 36.1 Å². The van der Waals surface area contributed by atoms with Crippen LogP contribution in [0.15, 0.2) is 59.0 Å². The molecule has 3 aromatic rings.